The topological polar surface area (TPSA) is 58.8 Å². The lowest BCUT2D eigenvalue weighted by atomic mass is 10.1. The zero-order valence-corrected chi connectivity index (χ0v) is 15.1. The van der Waals surface area contributed by atoms with Crippen LogP contribution in [0, 0.1) is 0 Å². The summed E-state index contributed by atoms with van der Waals surface area (Å²) in [5, 5.41) is 0. The lowest BCUT2D eigenvalue weighted by Gasteiger charge is -2.30. The number of nitrogens with two attached hydrogens (primary N) is 1. The number of hydrogen-bond acceptors (Lipinski definition) is 4. The standard InChI is InChI=1S/C19H31N3O2/c1-3-5-10-21(4-2)19(23)9-7-16-6-8-18(17(20)15-16)22-11-13-24-14-12-22/h6,8,15H,3-5,7,9-14,20H2,1-2H3. The second-order valence-corrected chi connectivity index (χ2v) is 6.32. The average Bonchev–Trinajstić information content (AvgIpc) is 2.61. The van der Waals surface area contributed by atoms with Crippen LogP contribution in [0.1, 0.15) is 38.7 Å². The van der Waals surface area contributed by atoms with Crippen LogP contribution in [0.5, 0.6) is 0 Å². The van der Waals surface area contributed by atoms with E-state index >= 15 is 0 Å². The molecule has 0 unspecified atom stereocenters. The van der Waals surface area contributed by atoms with E-state index in [-0.39, 0.29) is 5.91 Å². The van der Waals surface area contributed by atoms with E-state index in [1.807, 2.05) is 17.9 Å². The predicted octanol–water partition coefficient (Wildman–Crippen LogP) is 2.69. The van der Waals surface area contributed by atoms with Crippen LogP contribution in [0.25, 0.3) is 0 Å². The number of carbonyl (C=O) groups excluding carboxylic acids is 1. The van der Waals surface area contributed by atoms with Crippen LogP contribution in [-0.2, 0) is 16.0 Å². The van der Waals surface area contributed by atoms with Gasteiger partial charge in [0.15, 0.2) is 0 Å². The molecule has 1 heterocycles. The lowest BCUT2D eigenvalue weighted by Crippen LogP contribution is -2.36. The van der Waals surface area contributed by atoms with Crippen molar-refractivity contribution in [3.63, 3.8) is 0 Å². The smallest absolute Gasteiger partial charge is 0.222 e. The fourth-order valence-corrected chi connectivity index (χ4v) is 3.07. The molecule has 0 saturated carbocycles. The molecule has 0 aliphatic carbocycles. The number of nitrogen functional groups attached to an aromatic ring is 1. The Kier molecular flexibility index (Phi) is 7.37. The molecule has 1 aliphatic heterocycles. The number of morpholine rings is 1. The Labute approximate surface area is 145 Å². The molecule has 1 aromatic rings. The van der Waals surface area contributed by atoms with E-state index < -0.39 is 0 Å². The van der Waals surface area contributed by atoms with Gasteiger partial charge in [0.05, 0.1) is 24.6 Å². The summed E-state index contributed by atoms with van der Waals surface area (Å²) in [5.41, 5.74) is 9.23. The Morgan fingerprint density at radius 3 is 2.67 bits per heavy atom. The van der Waals surface area contributed by atoms with Crippen LogP contribution in [0.2, 0.25) is 0 Å². The molecule has 1 amide bonds. The van der Waals surface area contributed by atoms with Gasteiger partial charge in [-0.1, -0.05) is 19.4 Å². The lowest BCUT2D eigenvalue weighted by molar-refractivity contribution is -0.131. The molecule has 1 saturated heterocycles. The summed E-state index contributed by atoms with van der Waals surface area (Å²) in [7, 11) is 0. The molecule has 1 fully saturated rings. The van der Waals surface area contributed by atoms with Gasteiger partial charge in [-0.2, -0.15) is 0 Å². The van der Waals surface area contributed by atoms with Gasteiger partial charge in [0, 0.05) is 32.6 Å². The number of anilines is 2. The van der Waals surface area contributed by atoms with Gasteiger partial charge < -0.3 is 20.3 Å². The minimum Gasteiger partial charge on any atom is -0.397 e. The summed E-state index contributed by atoms with van der Waals surface area (Å²) in [5.74, 6) is 0.238. The summed E-state index contributed by atoms with van der Waals surface area (Å²) in [6, 6.07) is 6.19. The SMILES string of the molecule is CCCCN(CC)C(=O)CCc1ccc(N2CCOCC2)c(N)c1. The summed E-state index contributed by atoms with van der Waals surface area (Å²) < 4.78 is 5.39. The van der Waals surface area contributed by atoms with E-state index in [9.17, 15) is 4.79 Å². The number of rotatable bonds is 8. The van der Waals surface area contributed by atoms with Crippen LogP contribution in [0.15, 0.2) is 18.2 Å². The van der Waals surface area contributed by atoms with Gasteiger partial charge in [0.25, 0.3) is 0 Å². The average molecular weight is 333 g/mol. The summed E-state index contributed by atoms with van der Waals surface area (Å²) in [6.45, 7) is 9.11. The Balaban J connectivity index is 1.90. The van der Waals surface area contributed by atoms with Crippen molar-refractivity contribution in [2.45, 2.75) is 39.5 Å². The summed E-state index contributed by atoms with van der Waals surface area (Å²) in [6.07, 6.45) is 3.48. The van der Waals surface area contributed by atoms with Gasteiger partial charge in [-0.3, -0.25) is 4.79 Å². The highest BCUT2D eigenvalue weighted by atomic mass is 16.5. The molecule has 24 heavy (non-hydrogen) atoms. The predicted molar refractivity (Wildman–Crippen MR) is 99.4 cm³/mol. The summed E-state index contributed by atoms with van der Waals surface area (Å²) in [4.78, 5) is 16.5. The third-order valence-electron chi connectivity index (χ3n) is 4.59. The maximum absolute atomic E-state index is 12.3. The van der Waals surface area contributed by atoms with Crippen molar-refractivity contribution < 1.29 is 9.53 Å². The number of nitrogens with zero attached hydrogens (tertiary/aromatic N) is 2. The molecular weight excluding hydrogens is 302 g/mol. The van der Waals surface area contributed by atoms with E-state index in [4.69, 9.17) is 10.5 Å². The molecule has 1 aliphatic rings. The first-order valence-electron chi connectivity index (χ1n) is 9.14. The molecule has 0 atom stereocenters. The van der Waals surface area contributed by atoms with Crippen molar-refractivity contribution in [2.24, 2.45) is 0 Å². The maximum atomic E-state index is 12.3. The zero-order valence-electron chi connectivity index (χ0n) is 15.1. The molecule has 134 valence electrons. The first kappa shape index (κ1) is 18.6. The molecular formula is C19H31N3O2. The van der Waals surface area contributed by atoms with Crippen molar-refractivity contribution in [3.05, 3.63) is 23.8 Å². The van der Waals surface area contributed by atoms with Crippen molar-refractivity contribution in [3.8, 4) is 0 Å². The van der Waals surface area contributed by atoms with Gasteiger partial charge in [-0.25, -0.2) is 0 Å². The minimum absolute atomic E-state index is 0.238. The number of aryl methyl sites for hydroxylation is 1. The molecule has 5 nitrogen and oxygen atoms in total. The van der Waals surface area contributed by atoms with Gasteiger partial charge in [0.1, 0.15) is 0 Å². The molecule has 0 spiro atoms. The van der Waals surface area contributed by atoms with Crippen molar-refractivity contribution in [1.29, 1.82) is 0 Å². The quantitative estimate of drug-likeness (QED) is 0.743. The van der Waals surface area contributed by atoms with Crippen LogP contribution in [0.4, 0.5) is 11.4 Å². The number of unbranched alkanes of at least 4 members (excludes halogenated alkanes) is 1. The Bertz CT molecular complexity index is 527. The highest BCUT2D eigenvalue weighted by molar-refractivity contribution is 5.76. The van der Waals surface area contributed by atoms with E-state index in [1.54, 1.807) is 0 Å². The van der Waals surface area contributed by atoms with Crippen LogP contribution in [0.3, 0.4) is 0 Å². The van der Waals surface area contributed by atoms with Gasteiger partial charge in [0.2, 0.25) is 5.91 Å². The minimum atomic E-state index is 0.238. The monoisotopic (exact) mass is 333 g/mol. The van der Waals surface area contributed by atoms with Gasteiger partial charge in [-0.05, 0) is 37.5 Å². The first-order valence-corrected chi connectivity index (χ1v) is 9.14. The first-order chi connectivity index (χ1) is 11.7. The van der Waals surface area contributed by atoms with Crippen LogP contribution < -0.4 is 10.6 Å². The Morgan fingerprint density at radius 1 is 1.29 bits per heavy atom. The molecule has 1 aromatic carbocycles. The zero-order chi connectivity index (χ0) is 17.4. The van der Waals surface area contributed by atoms with Gasteiger partial charge >= 0.3 is 0 Å². The number of carbonyl (C=O) groups is 1. The van der Waals surface area contributed by atoms with E-state index in [0.29, 0.717) is 6.42 Å². The van der Waals surface area contributed by atoms with E-state index in [0.717, 1.165) is 75.6 Å². The molecule has 2 rings (SSSR count). The highest BCUT2D eigenvalue weighted by Crippen LogP contribution is 2.25. The molecule has 0 bridgehead atoms. The third kappa shape index (κ3) is 5.13. The van der Waals surface area contributed by atoms with E-state index in [1.165, 1.54) is 0 Å². The highest BCUT2D eigenvalue weighted by Gasteiger charge is 2.15. The molecule has 0 radical (unpaired) electrons. The largest absolute Gasteiger partial charge is 0.397 e. The number of hydrogen-bond donors (Lipinski definition) is 1. The van der Waals surface area contributed by atoms with Gasteiger partial charge in [-0.15, -0.1) is 0 Å². The summed E-state index contributed by atoms with van der Waals surface area (Å²) >= 11 is 0. The second-order valence-electron chi connectivity index (χ2n) is 6.32. The third-order valence-corrected chi connectivity index (χ3v) is 4.59. The normalized spacial score (nSPS) is 14.7. The Hall–Kier alpha value is -1.75. The fraction of sp³-hybridized carbons (Fsp3) is 0.632. The number of amides is 1. The maximum Gasteiger partial charge on any atom is 0.222 e. The van der Waals surface area contributed by atoms with E-state index in [2.05, 4.69) is 24.0 Å². The van der Waals surface area contributed by atoms with Crippen molar-refractivity contribution >= 4 is 17.3 Å². The van der Waals surface area contributed by atoms with Crippen molar-refractivity contribution in [1.82, 2.24) is 4.90 Å². The second kappa shape index (κ2) is 9.52. The van der Waals surface area contributed by atoms with Crippen molar-refractivity contribution in [2.75, 3.05) is 50.0 Å². The fourth-order valence-electron chi connectivity index (χ4n) is 3.07. The molecule has 5 heteroatoms. The van der Waals surface area contributed by atoms with Crippen LogP contribution in [-0.4, -0.2) is 50.2 Å². The number of ether oxygens (including phenoxy) is 1. The Morgan fingerprint density at radius 2 is 2.04 bits per heavy atom. The van der Waals surface area contributed by atoms with Crippen LogP contribution >= 0.6 is 0 Å². The number of benzene rings is 1. The molecule has 2 N–H and O–H groups in total. The molecule has 0 aromatic heterocycles.